The fourth-order valence-corrected chi connectivity index (χ4v) is 1.69. The number of rotatable bonds is 3. The van der Waals surface area contributed by atoms with Crippen molar-refractivity contribution < 1.29 is 14.3 Å². The van der Waals surface area contributed by atoms with Crippen LogP contribution in [0.4, 0.5) is 0 Å². The minimum absolute atomic E-state index is 0.0769. The minimum Gasteiger partial charge on any atom is -0.468 e. The van der Waals surface area contributed by atoms with Crippen LogP contribution in [0.5, 0.6) is 0 Å². The number of piperidine rings is 1. The fraction of sp³-hybridized carbons (Fsp3) is 0.800. The second-order valence-corrected chi connectivity index (χ2v) is 4.07. The van der Waals surface area contributed by atoms with Crippen LogP contribution in [-0.2, 0) is 14.3 Å². The van der Waals surface area contributed by atoms with E-state index in [1.54, 1.807) is 4.90 Å². The minimum atomic E-state index is -0.729. The number of esters is 1. The zero-order valence-electron chi connectivity index (χ0n) is 9.23. The van der Waals surface area contributed by atoms with E-state index in [-0.39, 0.29) is 12.5 Å². The molecule has 2 unspecified atom stereocenters. The van der Waals surface area contributed by atoms with Crippen molar-refractivity contribution in [2.45, 2.75) is 25.8 Å². The molecule has 0 aromatic rings. The van der Waals surface area contributed by atoms with Crippen molar-refractivity contribution in [2.24, 2.45) is 11.7 Å². The molecule has 0 bridgehead atoms. The third kappa shape index (κ3) is 3.20. The number of hydrogen-bond acceptors (Lipinski definition) is 4. The van der Waals surface area contributed by atoms with Crippen LogP contribution < -0.4 is 5.73 Å². The summed E-state index contributed by atoms with van der Waals surface area (Å²) in [4.78, 5) is 24.3. The number of methoxy groups -OCH3 is 1. The Bertz CT molecular complexity index is 255. The Balaban J connectivity index is 2.44. The number of carbonyl (C=O) groups excluding carboxylic acids is 2. The van der Waals surface area contributed by atoms with Crippen molar-refractivity contribution in [2.75, 3.05) is 20.2 Å². The van der Waals surface area contributed by atoms with Gasteiger partial charge in [0, 0.05) is 19.5 Å². The van der Waals surface area contributed by atoms with Gasteiger partial charge in [-0.25, -0.2) is 0 Å². The van der Waals surface area contributed by atoms with Crippen LogP contribution >= 0.6 is 0 Å². The molecule has 1 heterocycles. The summed E-state index contributed by atoms with van der Waals surface area (Å²) in [6.45, 7) is 3.00. The highest BCUT2D eigenvalue weighted by Gasteiger charge is 2.26. The highest BCUT2D eigenvalue weighted by molar-refractivity contribution is 5.80. The highest BCUT2D eigenvalue weighted by Crippen LogP contribution is 2.17. The molecule has 1 aliphatic heterocycles. The molecule has 0 aromatic heterocycles. The van der Waals surface area contributed by atoms with E-state index in [1.807, 2.05) is 0 Å². The number of likely N-dealkylation sites (tertiary alicyclic amines) is 1. The molecule has 1 aliphatic rings. The van der Waals surface area contributed by atoms with Crippen LogP contribution in [-0.4, -0.2) is 43.0 Å². The topological polar surface area (TPSA) is 72.6 Å². The second-order valence-electron chi connectivity index (χ2n) is 4.07. The number of hydrogen-bond donors (Lipinski definition) is 1. The maximum atomic E-state index is 11.6. The molecule has 0 saturated carbocycles. The molecule has 1 rings (SSSR count). The summed E-state index contributed by atoms with van der Waals surface area (Å²) in [5.74, 6) is 0.0395. The molecule has 1 fully saturated rings. The smallest absolute Gasteiger partial charge is 0.324 e. The summed E-state index contributed by atoms with van der Waals surface area (Å²) in [7, 11) is 1.29. The van der Waals surface area contributed by atoms with E-state index in [2.05, 4.69) is 11.7 Å². The molecule has 5 nitrogen and oxygen atoms in total. The van der Waals surface area contributed by atoms with Crippen molar-refractivity contribution in [3.63, 3.8) is 0 Å². The van der Waals surface area contributed by atoms with E-state index in [9.17, 15) is 9.59 Å². The van der Waals surface area contributed by atoms with Crippen molar-refractivity contribution >= 4 is 11.9 Å². The van der Waals surface area contributed by atoms with Gasteiger partial charge in [0.1, 0.15) is 6.04 Å². The van der Waals surface area contributed by atoms with Crippen molar-refractivity contribution in [3.05, 3.63) is 0 Å². The van der Waals surface area contributed by atoms with Gasteiger partial charge in [-0.05, 0) is 12.3 Å². The van der Waals surface area contributed by atoms with Gasteiger partial charge in [-0.3, -0.25) is 9.59 Å². The Morgan fingerprint density at radius 2 is 2.40 bits per heavy atom. The van der Waals surface area contributed by atoms with Gasteiger partial charge in [0.2, 0.25) is 5.91 Å². The highest BCUT2D eigenvalue weighted by atomic mass is 16.5. The molecule has 86 valence electrons. The van der Waals surface area contributed by atoms with E-state index >= 15 is 0 Å². The number of nitrogens with two attached hydrogens (primary N) is 1. The van der Waals surface area contributed by atoms with Crippen LogP contribution in [0.3, 0.4) is 0 Å². The quantitative estimate of drug-likeness (QED) is 0.657. The van der Waals surface area contributed by atoms with Gasteiger partial charge in [-0.1, -0.05) is 6.92 Å². The van der Waals surface area contributed by atoms with E-state index < -0.39 is 12.0 Å². The lowest BCUT2D eigenvalue weighted by molar-refractivity contribution is -0.144. The van der Waals surface area contributed by atoms with Crippen LogP contribution in [0.1, 0.15) is 19.8 Å². The zero-order chi connectivity index (χ0) is 11.4. The largest absolute Gasteiger partial charge is 0.468 e. The lowest BCUT2D eigenvalue weighted by atomic mass is 9.98. The number of amides is 1. The van der Waals surface area contributed by atoms with Gasteiger partial charge < -0.3 is 15.4 Å². The Kier molecular flexibility index (Phi) is 4.08. The molecule has 1 amide bonds. The summed E-state index contributed by atoms with van der Waals surface area (Å²) in [6.07, 6.45) is 1.52. The number of carbonyl (C=O) groups is 2. The molecule has 2 N–H and O–H groups in total. The number of ether oxygens (including phenoxy) is 1. The molecule has 5 heteroatoms. The molecule has 0 aromatic carbocycles. The maximum Gasteiger partial charge on any atom is 0.324 e. The Morgan fingerprint density at radius 1 is 1.73 bits per heavy atom. The molecule has 1 saturated heterocycles. The molecule has 0 radical (unpaired) electrons. The lowest BCUT2D eigenvalue weighted by Crippen LogP contribution is -2.48. The summed E-state index contributed by atoms with van der Waals surface area (Å²) >= 11 is 0. The number of nitrogens with zero attached hydrogens (tertiary/aromatic N) is 1. The molecule has 15 heavy (non-hydrogen) atoms. The molecule has 0 aliphatic carbocycles. The van der Waals surface area contributed by atoms with Gasteiger partial charge in [-0.15, -0.1) is 0 Å². The molecular formula is C10H18N2O3. The SMILES string of the molecule is COC(=O)C(N)CN1CCC(C)CC1=O. The van der Waals surface area contributed by atoms with Gasteiger partial charge in [0.25, 0.3) is 0 Å². The first-order valence-electron chi connectivity index (χ1n) is 5.15. The van der Waals surface area contributed by atoms with Crippen molar-refractivity contribution in [1.29, 1.82) is 0 Å². The third-order valence-corrected chi connectivity index (χ3v) is 2.69. The molecule has 2 atom stereocenters. The predicted molar refractivity (Wildman–Crippen MR) is 55.0 cm³/mol. The Hall–Kier alpha value is -1.10. The summed E-state index contributed by atoms with van der Waals surface area (Å²) in [5.41, 5.74) is 5.59. The lowest BCUT2D eigenvalue weighted by Gasteiger charge is -2.31. The van der Waals surface area contributed by atoms with Gasteiger partial charge in [0.05, 0.1) is 7.11 Å². The Morgan fingerprint density at radius 3 is 2.93 bits per heavy atom. The van der Waals surface area contributed by atoms with Gasteiger partial charge in [0.15, 0.2) is 0 Å². The first-order valence-corrected chi connectivity index (χ1v) is 5.15. The standard InChI is InChI=1S/C10H18N2O3/c1-7-3-4-12(9(13)5-7)6-8(11)10(14)15-2/h7-8H,3-6,11H2,1-2H3. The van der Waals surface area contributed by atoms with Crippen LogP contribution in [0.2, 0.25) is 0 Å². The first kappa shape index (κ1) is 12.0. The normalized spacial score (nSPS) is 23.8. The first-order chi connectivity index (χ1) is 7.04. The van der Waals surface area contributed by atoms with Crippen molar-refractivity contribution in [3.8, 4) is 0 Å². The average Bonchev–Trinajstić information content (AvgIpc) is 2.20. The van der Waals surface area contributed by atoms with E-state index in [0.717, 1.165) is 6.42 Å². The Labute approximate surface area is 89.6 Å². The second kappa shape index (κ2) is 5.11. The summed E-state index contributed by atoms with van der Waals surface area (Å²) in [6, 6.07) is -0.729. The third-order valence-electron chi connectivity index (χ3n) is 2.69. The summed E-state index contributed by atoms with van der Waals surface area (Å²) < 4.78 is 4.51. The summed E-state index contributed by atoms with van der Waals surface area (Å²) in [5, 5.41) is 0. The molecular weight excluding hydrogens is 196 g/mol. The van der Waals surface area contributed by atoms with Crippen LogP contribution in [0, 0.1) is 5.92 Å². The molecule has 0 spiro atoms. The predicted octanol–water partition coefficient (Wildman–Crippen LogP) is -0.255. The monoisotopic (exact) mass is 214 g/mol. The van der Waals surface area contributed by atoms with E-state index in [1.165, 1.54) is 7.11 Å². The maximum absolute atomic E-state index is 11.6. The van der Waals surface area contributed by atoms with Crippen LogP contribution in [0.25, 0.3) is 0 Å². The van der Waals surface area contributed by atoms with Crippen molar-refractivity contribution in [1.82, 2.24) is 4.90 Å². The average molecular weight is 214 g/mol. The van der Waals surface area contributed by atoms with E-state index in [4.69, 9.17) is 5.73 Å². The van der Waals surface area contributed by atoms with Crippen LogP contribution in [0.15, 0.2) is 0 Å². The fourth-order valence-electron chi connectivity index (χ4n) is 1.69. The van der Waals surface area contributed by atoms with Gasteiger partial charge in [-0.2, -0.15) is 0 Å². The zero-order valence-corrected chi connectivity index (χ0v) is 9.23. The van der Waals surface area contributed by atoms with E-state index in [0.29, 0.717) is 18.9 Å². The van der Waals surface area contributed by atoms with Gasteiger partial charge >= 0.3 is 5.97 Å².